The van der Waals surface area contributed by atoms with Gasteiger partial charge in [0.05, 0.1) is 11.1 Å². The zero-order valence-electron chi connectivity index (χ0n) is 13.9. The van der Waals surface area contributed by atoms with Crippen molar-refractivity contribution in [3.8, 4) is 0 Å². The van der Waals surface area contributed by atoms with E-state index in [0.29, 0.717) is 10.4 Å². The summed E-state index contributed by atoms with van der Waals surface area (Å²) >= 11 is 1.40. The molecule has 0 amide bonds. The SMILES string of the molecule is O=C(c1ccccc1)c1cnc(N(c2ccccc2)c2ccccc2)s1. The molecule has 0 aliphatic heterocycles. The molecule has 4 heteroatoms. The summed E-state index contributed by atoms with van der Waals surface area (Å²) in [6.07, 6.45) is 1.66. The first-order chi connectivity index (χ1) is 12.8. The fourth-order valence-corrected chi connectivity index (χ4v) is 3.65. The molecule has 0 bridgehead atoms. The Morgan fingerprint density at radius 1 is 0.731 bits per heavy atom. The minimum atomic E-state index is -0.00424. The van der Waals surface area contributed by atoms with E-state index in [1.807, 2.05) is 91.0 Å². The maximum absolute atomic E-state index is 12.7. The van der Waals surface area contributed by atoms with Crippen LogP contribution in [0.25, 0.3) is 0 Å². The number of rotatable bonds is 5. The molecule has 126 valence electrons. The van der Waals surface area contributed by atoms with Gasteiger partial charge in [0.25, 0.3) is 0 Å². The number of aromatic nitrogens is 1. The number of hydrogen-bond donors (Lipinski definition) is 0. The van der Waals surface area contributed by atoms with E-state index in [4.69, 9.17) is 0 Å². The van der Waals surface area contributed by atoms with Crippen LogP contribution in [0.15, 0.2) is 97.2 Å². The predicted molar refractivity (Wildman–Crippen MR) is 107 cm³/mol. The van der Waals surface area contributed by atoms with Crippen molar-refractivity contribution in [3.63, 3.8) is 0 Å². The van der Waals surface area contributed by atoms with Gasteiger partial charge in [-0.1, -0.05) is 78.1 Å². The van der Waals surface area contributed by atoms with E-state index in [2.05, 4.69) is 9.88 Å². The molecule has 0 aliphatic carbocycles. The van der Waals surface area contributed by atoms with Gasteiger partial charge < -0.3 is 0 Å². The fraction of sp³-hybridized carbons (Fsp3) is 0. The zero-order valence-corrected chi connectivity index (χ0v) is 14.8. The number of carbonyl (C=O) groups excluding carboxylic acids is 1. The molecular formula is C22H16N2OS. The van der Waals surface area contributed by atoms with Crippen LogP contribution in [0.4, 0.5) is 16.5 Å². The van der Waals surface area contributed by atoms with E-state index < -0.39 is 0 Å². The summed E-state index contributed by atoms with van der Waals surface area (Å²) in [5.74, 6) is -0.00424. The van der Waals surface area contributed by atoms with Crippen LogP contribution in [0.5, 0.6) is 0 Å². The highest BCUT2D eigenvalue weighted by molar-refractivity contribution is 7.17. The third-order valence-electron chi connectivity index (χ3n) is 3.97. The zero-order chi connectivity index (χ0) is 17.8. The maximum atomic E-state index is 12.7. The Morgan fingerprint density at radius 3 is 1.77 bits per heavy atom. The van der Waals surface area contributed by atoms with Crippen molar-refractivity contribution in [1.29, 1.82) is 0 Å². The summed E-state index contributed by atoms with van der Waals surface area (Å²) in [6, 6.07) is 29.4. The Hall–Kier alpha value is -3.24. The monoisotopic (exact) mass is 356 g/mol. The van der Waals surface area contributed by atoms with Crippen LogP contribution in [0, 0.1) is 0 Å². The first kappa shape index (κ1) is 16.2. The van der Waals surface area contributed by atoms with Crippen molar-refractivity contribution in [3.05, 3.63) is 108 Å². The molecular weight excluding hydrogens is 340 g/mol. The van der Waals surface area contributed by atoms with E-state index in [9.17, 15) is 4.79 Å². The summed E-state index contributed by atoms with van der Waals surface area (Å²) in [7, 11) is 0. The second-order valence-electron chi connectivity index (χ2n) is 5.71. The molecule has 0 aliphatic rings. The second-order valence-corrected chi connectivity index (χ2v) is 6.72. The number of nitrogens with zero attached hydrogens (tertiary/aromatic N) is 2. The van der Waals surface area contributed by atoms with Crippen molar-refractivity contribution in [2.24, 2.45) is 0 Å². The van der Waals surface area contributed by atoms with Gasteiger partial charge >= 0.3 is 0 Å². The molecule has 0 saturated heterocycles. The normalized spacial score (nSPS) is 10.5. The van der Waals surface area contributed by atoms with Crippen molar-refractivity contribution < 1.29 is 4.79 Å². The number of hydrogen-bond acceptors (Lipinski definition) is 4. The molecule has 0 atom stereocenters. The minimum Gasteiger partial charge on any atom is -0.288 e. The smallest absolute Gasteiger partial charge is 0.204 e. The lowest BCUT2D eigenvalue weighted by molar-refractivity contribution is 0.104. The predicted octanol–water partition coefficient (Wildman–Crippen LogP) is 5.84. The van der Waals surface area contributed by atoms with Gasteiger partial charge in [-0.3, -0.25) is 9.69 Å². The van der Waals surface area contributed by atoms with Gasteiger partial charge in [-0.05, 0) is 24.3 Å². The first-order valence-electron chi connectivity index (χ1n) is 8.29. The Morgan fingerprint density at radius 2 is 1.23 bits per heavy atom. The molecule has 26 heavy (non-hydrogen) atoms. The highest BCUT2D eigenvalue weighted by Crippen LogP contribution is 2.37. The van der Waals surface area contributed by atoms with Crippen molar-refractivity contribution in [1.82, 2.24) is 4.98 Å². The van der Waals surface area contributed by atoms with Crippen LogP contribution >= 0.6 is 11.3 Å². The van der Waals surface area contributed by atoms with Gasteiger partial charge in [-0.2, -0.15) is 0 Å². The van der Waals surface area contributed by atoms with Gasteiger partial charge in [-0.25, -0.2) is 4.98 Å². The molecule has 4 rings (SSSR count). The third kappa shape index (κ3) is 3.27. The van der Waals surface area contributed by atoms with Crippen LogP contribution < -0.4 is 4.90 Å². The molecule has 0 unspecified atom stereocenters. The molecule has 0 fully saturated rings. The quantitative estimate of drug-likeness (QED) is 0.421. The standard InChI is InChI=1S/C22H16N2OS/c25-21(17-10-4-1-5-11-17)20-16-23-22(26-20)24(18-12-6-2-7-13-18)19-14-8-3-9-15-19/h1-16H. The lowest BCUT2D eigenvalue weighted by Gasteiger charge is -2.22. The Balaban J connectivity index is 1.74. The summed E-state index contributed by atoms with van der Waals surface area (Å²) in [6.45, 7) is 0. The molecule has 3 aromatic carbocycles. The van der Waals surface area contributed by atoms with Crippen LogP contribution in [0.3, 0.4) is 0 Å². The van der Waals surface area contributed by atoms with E-state index in [1.165, 1.54) is 11.3 Å². The molecule has 0 saturated carbocycles. The van der Waals surface area contributed by atoms with Crippen molar-refractivity contribution in [2.45, 2.75) is 0 Å². The van der Waals surface area contributed by atoms with Crippen LogP contribution in [0.1, 0.15) is 15.2 Å². The van der Waals surface area contributed by atoms with E-state index in [0.717, 1.165) is 16.5 Å². The lowest BCUT2D eigenvalue weighted by Crippen LogP contribution is -2.09. The molecule has 4 aromatic rings. The molecule has 3 nitrogen and oxygen atoms in total. The first-order valence-corrected chi connectivity index (χ1v) is 9.10. The average Bonchev–Trinajstić information content (AvgIpc) is 3.19. The number of thiazole rings is 1. The van der Waals surface area contributed by atoms with Crippen LogP contribution in [0.2, 0.25) is 0 Å². The van der Waals surface area contributed by atoms with E-state index in [-0.39, 0.29) is 5.78 Å². The second kappa shape index (κ2) is 7.33. The summed E-state index contributed by atoms with van der Waals surface area (Å²) in [5.41, 5.74) is 2.69. The number of carbonyl (C=O) groups is 1. The summed E-state index contributed by atoms with van der Waals surface area (Å²) < 4.78 is 0. The average molecular weight is 356 g/mol. The van der Waals surface area contributed by atoms with Crippen LogP contribution in [-0.2, 0) is 0 Å². The fourth-order valence-electron chi connectivity index (χ4n) is 2.73. The Bertz CT molecular complexity index is 959. The lowest BCUT2D eigenvalue weighted by atomic mass is 10.1. The van der Waals surface area contributed by atoms with E-state index in [1.54, 1.807) is 6.20 Å². The molecule has 1 heterocycles. The molecule has 0 spiro atoms. The Labute approximate surface area is 156 Å². The minimum absolute atomic E-state index is 0.00424. The largest absolute Gasteiger partial charge is 0.288 e. The highest BCUT2D eigenvalue weighted by Gasteiger charge is 2.19. The molecule has 1 aromatic heterocycles. The van der Waals surface area contributed by atoms with Gasteiger partial charge in [0, 0.05) is 16.9 Å². The summed E-state index contributed by atoms with van der Waals surface area (Å²) in [5, 5.41) is 0.765. The maximum Gasteiger partial charge on any atom is 0.204 e. The van der Waals surface area contributed by atoms with Gasteiger partial charge in [0.1, 0.15) is 0 Å². The van der Waals surface area contributed by atoms with Gasteiger partial charge in [0.15, 0.2) is 5.13 Å². The van der Waals surface area contributed by atoms with Gasteiger partial charge in [-0.15, -0.1) is 0 Å². The van der Waals surface area contributed by atoms with E-state index >= 15 is 0 Å². The Kier molecular flexibility index (Phi) is 4.58. The molecule has 0 N–H and O–H groups in total. The highest BCUT2D eigenvalue weighted by atomic mass is 32.1. The molecule has 0 radical (unpaired) electrons. The third-order valence-corrected chi connectivity index (χ3v) is 4.95. The summed E-state index contributed by atoms with van der Waals surface area (Å²) in [4.78, 5) is 19.9. The number of anilines is 3. The van der Waals surface area contributed by atoms with Gasteiger partial charge in [0.2, 0.25) is 5.78 Å². The topological polar surface area (TPSA) is 33.2 Å². The van der Waals surface area contributed by atoms with Crippen molar-refractivity contribution in [2.75, 3.05) is 4.90 Å². The number of benzene rings is 3. The van der Waals surface area contributed by atoms with Crippen LogP contribution in [-0.4, -0.2) is 10.8 Å². The van der Waals surface area contributed by atoms with Crippen molar-refractivity contribution >= 4 is 33.6 Å². The number of para-hydroxylation sites is 2. The number of ketones is 1.